The number of anilines is 1. The maximum absolute atomic E-state index is 11.9. The van der Waals surface area contributed by atoms with E-state index in [2.05, 4.69) is 15.5 Å². The molecule has 6 heteroatoms. The van der Waals surface area contributed by atoms with Crippen molar-refractivity contribution in [3.05, 3.63) is 40.9 Å². The molecule has 2 heterocycles. The predicted molar refractivity (Wildman–Crippen MR) is 72.2 cm³/mol. The molecule has 19 heavy (non-hydrogen) atoms. The molecule has 2 aromatic rings. The van der Waals surface area contributed by atoms with E-state index in [0.717, 1.165) is 24.5 Å². The van der Waals surface area contributed by atoms with Gasteiger partial charge in [0.2, 0.25) is 5.13 Å². The Bertz CT molecular complexity index is 564. The van der Waals surface area contributed by atoms with Crippen LogP contribution in [0.15, 0.2) is 30.3 Å². The fraction of sp³-hybridized carbons (Fsp3) is 0.308. The zero-order chi connectivity index (χ0) is 13.1. The molecule has 0 bridgehead atoms. The van der Waals surface area contributed by atoms with Crippen LogP contribution in [0.1, 0.15) is 34.3 Å². The van der Waals surface area contributed by atoms with Gasteiger partial charge in [-0.05, 0) is 25.0 Å². The summed E-state index contributed by atoms with van der Waals surface area (Å²) >= 11 is 1.37. The van der Waals surface area contributed by atoms with Gasteiger partial charge in [0.05, 0.1) is 0 Å². The minimum atomic E-state index is -0.171. The monoisotopic (exact) mass is 275 g/mol. The molecule has 0 aliphatic carbocycles. The maximum Gasteiger partial charge on any atom is 0.257 e. The highest BCUT2D eigenvalue weighted by molar-refractivity contribution is 7.15. The normalized spacial score (nSPS) is 18.4. The van der Waals surface area contributed by atoms with Crippen LogP contribution in [0.5, 0.6) is 0 Å². The van der Waals surface area contributed by atoms with E-state index in [1.807, 2.05) is 18.2 Å². The number of rotatable bonds is 3. The number of carbonyl (C=O) groups excluding carboxylic acids is 1. The van der Waals surface area contributed by atoms with Crippen LogP contribution in [0.4, 0.5) is 5.13 Å². The standard InChI is InChI=1S/C13H13N3O2S/c17-11(9-5-2-1-3-6-9)14-13-16-15-12(19-13)10-7-4-8-18-10/h1-3,5-6,10H,4,7-8H2,(H,14,16,17)/t10-/m0/s1. The van der Waals surface area contributed by atoms with Gasteiger partial charge in [-0.3, -0.25) is 10.1 Å². The van der Waals surface area contributed by atoms with Crippen molar-refractivity contribution in [2.24, 2.45) is 0 Å². The van der Waals surface area contributed by atoms with Crippen LogP contribution in [0.2, 0.25) is 0 Å². The summed E-state index contributed by atoms with van der Waals surface area (Å²) in [4.78, 5) is 11.9. The van der Waals surface area contributed by atoms with Crippen LogP contribution in [-0.4, -0.2) is 22.7 Å². The fourth-order valence-electron chi connectivity index (χ4n) is 1.95. The van der Waals surface area contributed by atoms with E-state index in [-0.39, 0.29) is 12.0 Å². The lowest BCUT2D eigenvalue weighted by Gasteiger charge is -2.02. The highest BCUT2D eigenvalue weighted by Gasteiger charge is 2.22. The first kappa shape index (κ1) is 12.3. The minimum absolute atomic E-state index is 0.0416. The topological polar surface area (TPSA) is 64.1 Å². The van der Waals surface area contributed by atoms with Gasteiger partial charge in [-0.1, -0.05) is 29.5 Å². The molecule has 1 amide bonds. The molecular weight excluding hydrogens is 262 g/mol. The molecule has 1 fully saturated rings. The summed E-state index contributed by atoms with van der Waals surface area (Å²) in [5.41, 5.74) is 0.608. The molecule has 98 valence electrons. The van der Waals surface area contributed by atoms with Crippen LogP contribution in [0, 0.1) is 0 Å². The van der Waals surface area contributed by atoms with Gasteiger partial charge in [0, 0.05) is 12.2 Å². The average Bonchev–Trinajstić information content (AvgIpc) is 3.10. The summed E-state index contributed by atoms with van der Waals surface area (Å²) < 4.78 is 5.54. The van der Waals surface area contributed by atoms with E-state index in [9.17, 15) is 4.79 Å². The zero-order valence-electron chi connectivity index (χ0n) is 10.2. The van der Waals surface area contributed by atoms with Crippen molar-refractivity contribution in [3.63, 3.8) is 0 Å². The number of nitrogens with zero attached hydrogens (tertiary/aromatic N) is 2. The van der Waals surface area contributed by atoms with Gasteiger partial charge in [-0.15, -0.1) is 10.2 Å². The third-order valence-corrected chi connectivity index (χ3v) is 3.83. The Morgan fingerprint density at radius 1 is 1.32 bits per heavy atom. The van der Waals surface area contributed by atoms with E-state index >= 15 is 0 Å². The molecule has 1 aliphatic heterocycles. The fourth-order valence-corrected chi connectivity index (χ4v) is 2.77. The molecule has 1 N–H and O–H groups in total. The quantitative estimate of drug-likeness (QED) is 0.935. The molecule has 1 aliphatic rings. The number of benzene rings is 1. The Morgan fingerprint density at radius 3 is 2.89 bits per heavy atom. The highest BCUT2D eigenvalue weighted by atomic mass is 32.1. The first-order valence-electron chi connectivity index (χ1n) is 6.14. The van der Waals surface area contributed by atoms with E-state index < -0.39 is 0 Å². The second kappa shape index (κ2) is 5.46. The molecule has 1 aromatic heterocycles. The summed E-state index contributed by atoms with van der Waals surface area (Å²) in [5.74, 6) is -0.171. The van der Waals surface area contributed by atoms with E-state index in [1.165, 1.54) is 11.3 Å². The van der Waals surface area contributed by atoms with E-state index in [4.69, 9.17) is 4.74 Å². The van der Waals surface area contributed by atoms with Crippen molar-refractivity contribution in [1.29, 1.82) is 0 Å². The Kier molecular flexibility index (Phi) is 3.52. The second-order valence-electron chi connectivity index (χ2n) is 4.27. The van der Waals surface area contributed by atoms with E-state index in [1.54, 1.807) is 12.1 Å². The molecule has 0 radical (unpaired) electrons. The van der Waals surface area contributed by atoms with Gasteiger partial charge in [0.15, 0.2) is 0 Å². The third-order valence-electron chi connectivity index (χ3n) is 2.90. The van der Waals surface area contributed by atoms with Crippen LogP contribution in [-0.2, 0) is 4.74 Å². The first-order valence-corrected chi connectivity index (χ1v) is 6.96. The summed E-state index contributed by atoms with van der Waals surface area (Å²) in [6.07, 6.45) is 2.07. The number of ether oxygens (including phenoxy) is 1. The Balaban J connectivity index is 1.68. The number of hydrogen-bond acceptors (Lipinski definition) is 5. The second-order valence-corrected chi connectivity index (χ2v) is 5.28. The molecule has 0 spiro atoms. The predicted octanol–water partition coefficient (Wildman–Crippen LogP) is 2.64. The molecule has 5 nitrogen and oxygen atoms in total. The van der Waals surface area contributed by atoms with Crippen LogP contribution >= 0.6 is 11.3 Å². The van der Waals surface area contributed by atoms with Gasteiger partial charge < -0.3 is 4.74 Å². The van der Waals surface area contributed by atoms with E-state index in [0.29, 0.717) is 10.7 Å². The molecule has 1 atom stereocenters. The molecule has 1 saturated heterocycles. The molecule has 0 saturated carbocycles. The Labute approximate surface area is 114 Å². The van der Waals surface area contributed by atoms with Crippen molar-refractivity contribution >= 4 is 22.4 Å². The lowest BCUT2D eigenvalue weighted by Crippen LogP contribution is -2.11. The number of hydrogen-bond donors (Lipinski definition) is 1. The van der Waals surface area contributed by atoms with Gasteiger partial charge in [-0.25, -0.2) is 0 Å². The SMILES string of the molecule is O=C(Nc1nnc([C@@H]2CCCO2)s1)c1ccccc1. The van der Waals surface area contributed by atoms with Gasteiger partial charge in [0.25, 0.3) is 5.91 Å². The number of carbonyl (C=O) groups is 1. The van der Waals surface area contributed by atoms with Crippen molar-refractivity contribution < 1.29 is 9.53 Å². The lowest BCUT2D eigenvalue weighted by molar-refractivity contribution is 0.102. The summed E-state index contributed by atoms with van der Waals surface area (Å²) in [7, 11) is 0. The molecule has 3 rings (SSSR count). The van der Waals surface area contributed by atoms with Gasteiger partial charge in [-0.2, -0.15) is 0 Å². The number of amides is 1. The van der Waals surface area contributed by atoms with Crippen LogP contribution in [0.3, 0.4) is 0 Å². The minimum Gasteiger partial charge on any atom is -0.371 e. The highest BCUT2D eigenvalue weighted by Crippen LogP contribution is 2.31. The van der Waals surface area contributed by atoms with Gasteiger partial charge >= 0.3 is 0 Å². The average molecular weight is 275 g/mol. The summed E-state index contributed by atoms with van der Waals surface area (Å²) in [5, 5.41) is 12.2. The Morgan fingerprint density at radius 2 is 2.16 bits per heavy atom. The largest absolute Gasteiger partial charge is 0.371 e. The smallest absolute Gasteiger partial charge is 0.257 e. The lowest BCUT2D eigenvalue weighted by atomic mass is 10.2. The van der Waals surface area contributed by atoms with Crippen molar-refractivity contribution in [2.45, 2.75) is 18.9 Å². The number of aromatic nitrogens is 2. The van der Waals surface area contributed by atoms with Crippen molar-refractivity contribution in [2.75, 3.05) is 11.9 Å². The maximum atomic E-state index is 11.9. The number of nitrogens with one attached hydrogen (secondary N) is 1. The molecule has 1 aromatic carbocycles. The summed E-state index contributed by atoms with van der Waals surface area (Å²) in [6, 6.07) is 9.05. The van der Waals surface area contributed by atoms with Crippen LogP contribution < -0.4 is 5.32 Å². The first-order chi connectivity index (χ1) is 9.33. The Hall–Kier alpha value is -1.79. The zero-order valence-corrected chi connectivity index (χ0v) is 11.0. The van der Waals surface area contributed by atoms with Crippen LogP contribution in [0.25, 0.3) is 0 Å². The third kappa shape index (κ3) is 2.80. The van der Waals surface area contributed by atoms with Crippen molar-refractivity contribution in [1.82, 2.24) is 10.2 Å². The summed E-state index contributed by atoms with van der Waals surface area (Å²) in [6.45, 7) is 0.774. The molecular formula is C13H13N3O2S. The molecule has 0 unspecified atom stereocenters. The van der Waals surface area contributed by atoms with Gasteiger partial charge in [0.1, 0.15) is 11.1 Å². The van der Waals surface area contributed by atoms with Crippen molar-refractivity contribution in [3.8, 4) is 0 Å².